The monoisotopic (exact) mass is 465 g/mol. The lowest BCUT2D eigenvalue weighted by molar-refractivity contribution is -0.139. The van der Waals surface area contributed by atoms with Gasteiger partial charge in [0.15, 0.2) is 5.65 Å². The van der Waals surface area contributed by atoms with Crippen LogP contribution in [0.2, 0.25) is 0 Å². The fourth-order valence-electron chi connectivity index (χ4n) is 4.30. The molecule has 2 aliphatic rings. The van der Waals surface area contributed by atoms with Gasteiger partial charge in [0.05, 0.1) is 23.0 Å². The Morgan fingerprint density at radius 1 is 1.21 bits per heavy atom. The van der Waals surface area contributed by atoms with Crippen LogP contribution in [0, 0.1) is 5.92 Å². The number of hydrogen-bond acceptors (Lipinski definition) is 7. The zero-order valence-electron chi connectivity index (χ0n) is 18.0. The van der Waals surface area contributed by atoms with Crippen molar-refractivity contribution >= 4 is 40.6 Å². The van der Waals surface area contributed by atoms with E-state index in [4.69, 9.17) is 0 Å². The first kappa shape index (κ1) is 21.4. The van der Waals surface area contributed by atoms with Gasteiger partial charge in [-0.1, -0.05) is 36.9 Å². The summed E-state index contributed by atoms with van der Waals surface area (Å²) in [6.07, 6.45) is 5.99. The summed E-state index contributed by atoms with van der Waals surface area (Å²) in [6, 6.07) is 9.02. The molecule has 0 bridgehead atoms. The van der Waals surface area contributed by atoms with Gasteiger partial charge in [-0.25, -0.2) is 19.4 Å². The summed E-state index contributed by atoms with van der Waals surface area (Å²) >= 11 is 1.19. The Balaban J connectivity index is 1.26. The number of hydrazine groups is 1. The molecule has 1 spiro atoms. The third-order valence-corrected chi connectivity index (χ3v) is 7.20. The van der Waals surface area contributed by atoms with Gasteiger partial charge < -0.3 is 5.32 Å². The molecule has 5 rings (SSSR count). The van der Waals surface area contributed by atoms with Crippen molar-refractivity contribution in [1.29, 1.82) is 0 Å². The molecule has 1 aliphatic heterocycles. The van der Waals surface area contributed by atoms with Crippen molar-refractivity contribution in [3.05, 3.63) is 42.9 Å². The summed E-state index contributed by atoms with van der Waals surface area (Å²) in [6.45, 7) is 2.14. The summed E-state index contributed by atoms with van der Waals surface area (Å²) < 4.78 is 1.71. The van der Waals surface area contributed by atoms with Crippen LogP contribution in [-0.4, -0.2) is 53.9 Å². The number of urea groups is 1. The molecule has 0 unspecified atom stereocenters. The van der Waals surface area contributed by atoms with E-state index in [0.29, 0.717) is 34.8 Å². The molecular formula is C22H23N7O3S. The van der Waals surface area contributed by atoms with Crippen molar-refractivity contribution in [3.8, 4) is 5.69 Å². The first-order valence-corrected chi connectivity index (χ1v) is 11.8. The molecular weight excluding hydrogens is 442 g/mol. The van der Waals surface area contributed by atoms with Gasteiger partial charge in [-0.2, -0.15) is 10.1 Å². The zero-order chi connectivity index (χ0) is 23.0. The molecule has 33 heavy (non-hydrogen) atoms. The van der Waals surface area contributed by atoms with Crippen LogP contribution in [0.25, 0.3) is 16.7 Å². The van der Waals surface area contributed by atoms with Gasteiger partial charge >= 0.3 is 6.03 Å². The van der Waals surface area contributed by atoms with Crippen molar-refractivity contribution in [1.82, 2.24) is 35.5 Å². The number of hydrogen-bond donors (Lipinski definition) is 2. The minimum absolute atomic E-state index is 0.0241. The lowest BCUT2D eigenvalue weighted by Gasteiger charge is -2.33. The molecule has 1 aromatic carbocycles. The summed E-state index contributed by atoms with van der Waals surface area (Å²) in [4.78, 5) is 46.5. The smallest absolute Gasteiger partial charge is 0.322 e. The molecule has 11 heteroatoms. The maximum atomic E-state index is 12.9. The predicted molar refractivity (Wildman–Crippen MR) is 121 cm³/mol. The van der Waals surface area contributed by atoms with Gasteiger partial charge in [0.2, 0.25) is 5.91 Å². The van der Waals surface area contributed by atoms with E-state index in [1.807, 2.05) is 30.3 Å². The number of nitrogens with zero attached hydrogens (tertiary/aromatic N) is 5. The Bertz CT molecular complexity index is 1220. The van der Waals surface area contributed by atoms with Crippen LogP contribution in [0.5, 0.6) is 0 Å². The number of benzene rings is 1. The van der Waals surface area contributed by atoms with Crippen LogP contribution in [0.1, 0.15) is 32.6 Å². The maximum absolute atomic E-state index is 12.9. The number of carbonyl (C=O) groups is 3. The van der Waals surface area contributed by atoms with E-state index < -0.39 is 17.5 Å². The normalized spacial score (nSPS) is 22.7. The third kappa shape index (κ3) is 3.92. The lowest BCUT2D eigenvalue weighted by Crippen LogP contribution is -2.51. The van der Waals surface area contributed by atoms with Crippen LogP contribution in [0.15, 0.2) is 47.9 Å². The molecule has 1 saturated carbocycles. The number of aromatic nitrogens is 4. The highest BCUT2D eigenvalue weighted by Gasteiger charge is 2.52. The van der Waals surface area contributed by atoms with Gasteiger partial charge in [0, 0.05) is 0 Å². The zero-order valence-corrected chi connectivity index (χ0v) is 18.8. The van der Waals surface area contributed by atoms with E-state index in [1.165, 1.54) is 18.1 Å². The highest BCUT2D eigenvalue weighted by molar-refractivity contribution is 8.00. The molecule has 2 N–H and O–H groups in total. The standard InChI is InChI=1S/C22H23N7O3S/c1-14-7-9-22(10-8-14)20(31)29(21(32)26-22)27-17(30)12-33-19-16-11-25-28(18(16)23-13-24-19)15-5-3-2-4-6-15/h2-6,11,13-14H,7-10,12H2,1H3,(H,26,32)(H,27,30). The van der Waals surface area contributed by atoms with Crippen molar-refractivity contribution in [2.45, 2.75) is 43.2 Å². The van der Waals surface area contributed by atoms with Crippen molar-refractivity contribution in [2.24, 2.45) is 5.92 Å². The number of amides is 4. The molecule has 4 amide bonds. The van der Waals surface area contributed by atoms with Crippen LogP contribution in [-0.2, 0) is 9.59 Å². The van der Waals surface area contributed by atoms with E-state index in [2.05, 4.69) is 32.7 Å². The number of nitrogens with one attached hydrogen (secondary N) is 2. The first-order chi connectivity index (χ1) is 16.0. The molecule has 1 aliphatic carbocycles. The SMILES string of the molecule is CC1CCC2(CC1)NC(=O)N(NC(=O)CSc1ncnc3c1cnn3-c1ccccc1)C2=O. The van der Waals surface area contributed by atoms with Crippen molar-refractivity contribution in [3.63, 3.8) is 0 Å². The summed E-state index contributed by atoms with van der Waals surface area (Å²) in [7, 11) is 0. The van der Waals surface area contributed by atoms with Crippen LogP contribution < -0.4 is 10.7 Å². The summed E-state index contributed by atoms with van der Waals surface area (Å²) in [5.74, 6) is -0.349. The predicted octanol–water partition coefficient (Wildman–Crippen LogP) is 2.44. The fourth-order valence-corrected chi connectivity index (χ4v) is 5.06. The highest BCUT2D eigenvalue weighted by atomic mass is 32.2. The highest BCUT2D eigenvalue weighted by Crippen LogP contribution is 2.36. The minimum Gasteiger partial charge on any atom is -0.322 e. The fraction of sp³-hybridized carbons (Fsp3) is 0.364. The molecule has 0 atom stereocenters. The number of thioether (sulfide) groups is 1. The van der Waals surface area contributed by atoms with Gasteiger partial charge in [-0.15, -0.1) is 0 Å². The lowest BCUT2D eigenvalue weighted by atomic mass is 9.77. The molecule has 1 saturated heterocycles. The second kappa shape index (κ2) is 8.47. The number of rotatable bonds is 5. The van der Waals surface area contributed by atoms with Crippen LogP contribution >= 0.6 is 11.8 Å². The van der Waals surface area contributed by atoms with Crippen molar-refractivity contribution in [2.75, 3.05) is 5.75 Å². The van der Waals surface area contributed by atoms with Gasteiger partial charge in [0.25, 0.3) is 5.91 Å². The second-order valence-electron chi connectivity index (χ2n) is 8.47. The Kier molecular flexibility index (Phi) is 5.49. The Hall–Kier alpha value is -3.47. The molecule has 3 heterocycles. The number of imide groups is 1. The van der Waals surface area contributed by atoms with E-state index >= 15 is 0 Å². The number of fused-ring (bicyclic) bond motifs is 1. The quantitative estimate of drug-likeness (QED) is 0.337. The van der Waals surface area contributed by atoms with E-state index in [1.54, 1.807) is 10.9 Å². The van der Waals surface area contributed by atoms with Gasteiger partial charge in [-0.3, -0.25) is 15.0 Å². The van der Waals surface area contributed by atoms with Crippen LogP contribution in [0.3, 0.4) is 0 Å². The largest absolute Gasteiger partial charge is 0.344 e. The molecule has 3 aromatic rings. The average molecular weight is 466 g/mol. The Morgan fingerprint density at radius 2 is 1.97 bits per heavy atom. The second-order valence-corrected chi connectivity index (χ2v) is 9.43. The third-order valence-electron chi connectivity index (χ3n) is 6.20. The summed E-state index contributed by atoms with van der Waals surface area (Å²) in [5.41, 5.74) is 3.06. The topological polar surface area (TPSA) is 122 Å². The molecule has 0 radical (unpaired) electrons. The maximum Gasteiger partial charge on any atom is 0.344 e. The van der Waals surface area contributed by atoms with Gasteiger partial charge in [-0.05, 0) is 43.7 Å². The van der Waals surface area contributed by atoms with E-state index in [9.17, 15) is 14.4 Å². The minimum atomic E-state index is -0.894. The van der Waals surface area contributed by atoms with E-state index in [0.717, 1.165) is 23.5 Å². The van der Waals surface area contributed by atoms with Crippen molar-refractivity contribution < 1.29 is 14.4 Å². The van der Waals surface area contributed by atoms with Gasteiger partial charge in [0.1, 0.15) is 16.9 Å². The van der Waals surface area contributed by atoms with Crippen LogP contribution in [0.4, 0.5) is 4.79 Å². The Labute approximate surface area is 194 Å². The average Bonchev–Trinajstić information content (AvgIpc) is 3.36. The molecule has 170 valence electrons. The number of carbonyl (C=O) groups excluding carboxylic acids is 3. The first-order valence-electron chi connectivity index (χ1n) is 10.8. The molecule has 2 fully saturated rings. The molecule has 2 aromatic heterocycles. The summed E-state index contributed by atoms with van der Waals surface area (Å²) in [5, 5.41) is 9.32. The Morgan fingerprint density at radius 3 is 2.73 bits per heavy atom. The number of para-hydroxylation sites is 1. The molecule has 10 nitrogen and oxygen atoms in total. The van der Waals surface area contributed by atoms with E-state index in [-0.39, 0.29) is 11.7 Å².